The standard InChI is InChI=1S/C37H52O6Si3/c1-38-29-19-13-22-32(35(29)41-4)44-25-10-7-16-28(17-8-11-26-45-33-23-14-20-30(39-2)36(33)42-5)18-9-12-27-46-34-24-15-21-31(40-3)37(34)43-6/h13-15,19-24,28H,7-12,16-18,25-27H2,1-6H3. The van der Waals surface area contributed by atoms with Crippen LogP contribution in [-0.4, -0.2) is 71.2 Å². The van der Waals surface area contributed by atoms with Crippen LogP contribution in [0.2, 0.25) is 18.1 Å². The molecule has 0 atom stereocenters. The molecule has 0 spiro atoms. The van der Waals surface area contributed by atoms with Gasteiger partial charge in [0.2, 0.25) is 0 Å². The fourth-order valence-electron chi connectivity index (χ4n) is 5.86. The van der Waals surface area contributed by atoms with Gasteiger partial charge in [0.05, 0.1) is 71.2 Å². The lowest BCUT2D eigenvalue weighted by Gasteiger charge is -2.17. The Morgan fingerprint density at radius 2 is 0.717 bits per heavy atom. The molecule has 3 aromatic carbocycles. The molecule has 0 unspecified atom stereocenters. The van der Waals surface area contributed by atoms with Crippen LogP contribution in [0, 0.1) is 5.92 Å². The summed E-state index contributed by atoms with van der Waals surface area (Å²) in [5.74, 6) is 5.93. The predicted octanol–water partition coefficient (Wildman–Crippen LogP) is 6.51. The van der Waals surface area contributed by atoms with Crippen molar-refractivity contribution in [3.8, 4) is 34.5 Å². The van der Waals surface area contributed by atoms with Gasteiger partial charge in [-0.2, -0.15) is 0 Å². The zero-order valence-electron chi connectivity index (χ0n) is 28.7. The van der Waals surface area contributed by atoms with Gasteiger partial charge in [-0.3, -0.25) is 0 Å². The molecule has 0 bridgehead atoms. The van der Waals surface area contributed by atoms with Crippen LogP contribution in [0.4, 0.5) is 0 Å². The van der Waals surface area contributed by atoms with Gasteiger partial charge in [0, 0.05) is 0 Å². The smallest absolute Gasteiger partial charge is 0.160 e. The molecule has 46 heavy (non-hydrogen) atoms. The minimum Gasteiger partial charge on any atom is -0.493 e. The SMILES string of the molecule is COc1cccc([Si]CCCCC(CCCC[Si]c2cccc(OC)c2OC)CCCC[Si]c2cccc(OC)c2OC)c1OC. The average molecular weight is 677 g/mol. The first kappa shape index (κ1) is 37.6. The molecular weight excluding hydrogens is 625 g/mol. The number of ether oxygens (including phenoxy) is 6. The Kier molecular flexibility index (Phi) is 17.8. The van der Waals surface area contributed by atoms with Gasteiger partial charge in [-0.25, -0.2) is 0 Å². The molecule has 0 aliphatic rings. The summed E-state index contributed by atoms with van der Waals surface area (Å²) in [6, 6.07) is 22.2. The molecule has 0 saturated carbocycles. The van der Waals surface area contributed by atoms with Gasteiger partial charge >= 0.3 is 0 Å². The normalized spacial score (nSPS) is 11.0. The van der Waals surface area contributed by atoms with Crippen LogP contribution in [0.25, 0.3) is 0 Å². The van der Waals surface area contributed by atoms with Crippen LogP contribution < -0.4 is 44.0 Å². The molecule has 0 amide bonds. The number of methoxy groups -OCH3 is 6. The topological polar surface area (TPSA) is 55.4 Å². The monoisotopic (exact) mass is 676 g/mol. The molecule has 0 aromatic heterocycles. The maximum Gasteiger partial charge on any atom is 0.160 e. The number of hydrogen-bond donors (Lipinski definition) is 0. The van der Waals surface area contributed by atoms with E-state index in [-0.39, 0.29) is 0 Å². The van der Waals surface area contributed by atoms with E-state index in [1.165, 1.54) is 91.5 Å². The van der Waals surface area contributed by atoms with Crippen molar-refractivity contribution in [2.45, 2.75) is 75.9 Å². The van der Waals surface area contributed by atoms with Crippen molar-refractivity contribution in [1.82, 2.24) is 0 Å². The minimum atomic E-state index is 0.741. The number of benzene rings is 3. The van der Waals surface area contributed by atoms with E-state index in [4.69, 9.17) is 28.4 Å². The second-order valence-corrected chi connectivity index (χ2v) is 15.4. The van der Waals surface area contributed by atoms with Crippen LogP contribution >= 0.6 is 0 Å². The average Bonchev–Trinajstić information content (AvgIpc) is 3.09. The summed E-state index contributed by atoms with van der Waals surface area (Å²) >= 11 is 0. The van der Waals surface area contributed by atoms with Gasteiger partial charge in [-0.1, -0.05) is 112 Å². The Morgan fingerprint density at radius 3 is 0.978 bits per heavy atom. The lowest BCUT2D eigenvalue weighted by Crippen LogP contribution is -2.17. The zero-order chi connectivity index (χ0) is 33.0. The number of rotatable bonds is 24. The Labute approximate surface area is 285 Å². The molecule has 0 aliphatic carbocycles. The quantitative estimate of drug-likeness (QED) is 0.0797. The van der Waals surface area contributed by atoms with E-state index in [9.17, 15) is 0 Å². The molecular formula is C37H52O6Si3. The van der Waals surface area contributed by atoms with Crippen LogP contribution in [0.1, 0.15) is 57.8 Å². The van der Waals surface area contributed by atoms with E-state index in [1.807, 2.05) is 18.2 Å². The highest BCUT2D eigenvalue weighted by molar-refractivity contribution is 6.55. The van der Waals surface area contributed by atoms with Crippen molar-refractivity contribution in [3.63, 3.8) is 0 Å². The highest BCUT2D eigenvalue weighted by atomic mass is 28.2. The molecule has 0 aliphatic heterocycles. The van der Waals surface area contributed by atoms with Gasteiger partial charge in [0.15, 0.2) is 34.5 Å². The molecule has 0 N–H and O–H groups in total. The summed E-state index contributed by atoms with van der Waals surface area (Å²) in [7, 11) is 12.5. The summed E-state index contributed by atoms with van der Waals surface area (Å²) in [5, 5.41) is 3.79. The molecule has 0 heterocycles. The van der Waals surface area contributed by atoms with Crippen molar-refractivity contribution in [3.05, 3.63) is 54.6 Å². The lowest BCUT2D eigenvalue weighted by molar-refractivity contribution is 0.357. The summed E-state index contributed by atoms with van der Waals surface area (Å²) in [6.07, 6.45) is 11.6. The minimum absolute atomic E-state index is 0.741. The molecule has 0 fully saturated rings. The summed E-state index contributed by atoms with van der Waals surface area (Å²) in [6.45, 7) is 0. The molecule has 6 radical (unpaired) electrons. The van der Waals surface area contributed by atoms with E-state index in [0.29, 0.717) is 0 Å². The molecule has 9 heteroatoms. The highest BCUT2D eigenvalue weighted by Crippen LogP contribution is 2.27. The Hall–Kier alpha value is -2.89. The van der Waals surface area contributed by atoms with Crippen molar-refractivity contribution >= 4 is 44.1 Å². The van der Waals surface area contributed by atoms with E-state index in [0.717, 1.165) is 69.0 Å². The summed E-state index contributed by atoms with van der Waals surface area (Å²) < 4.78 is 33.4. The van der Waals surface area contributed by atoms with Crippen LogP contribution in [-0.2, 0) is 0 Å². The van der Waals surface area contributed by atoms with Crippen molar-refractivity contribution < 1.29 is 28.4 Å². The van der Waals surface area contributed by atoms with Gasteiger partial charge in [-0.15, -0.1) is 0 Å². The largest absolute Gasteiger partial charge is 0.493 e. The summed E-state index contributed by atoms with van der Waals surface area (Å²) in [4.78, 5) is 0. The first-order valence-electron chi connectivity index (χ1n) is 16.4. The van der Waals surface area contributed by atoms with E-state index < -0.39 is 0 Å². The van der Waals surface area contributed by atoms with Crippen LogP contribution in [0.5, 0.6) is 34.5 Å². The predicted molar refractivity (Wildman–Crippen MR) is 194 cm³/mol. The zero-order valence-corrected chi connectivity index (χ0v) is 31.7. The van der Waals surface area contributed by atoms with E-state index in [1.54, 1.807) is 42.7 Å². The fourth-order valence-corrected chi connectivity index (χ4v) is 9.74. The van der Waals surface area contributed by atoms with Gasteiger partial charge in [0.1, 0.15) is 0 Å². The Morgan fingerprint density at radius 1 is 0.413 bits per heavy atom. The molecule has 3 aromatic rings. The third kappa shape index (κ3) is 11.7. The highest BCUT2D eigenvalue weighted by Gasteiger charge is 2.14. The molecule has 248 valence electrons. The van der Waals surface area contributed by atoms with Crippen LogP contribution in [0.15, 0.2) is 54.6 Å². The van der Waals surface area contributed by atoms with Gasteiger partial charge in [0.25, 0.3) is 0 Å². The van der Waals surface area contributed by atoms with Crippen LogP contribution in [0.3, 0.4) is 0 Å². The van der Waals surface area contributed by atoms with E-state index in [2.05, 4.69) is 36.4 Å². The lowest BCUT2D eigenvalue weighted by atomic mass is 9.91. The maximum absolute atomic E-state index is 5.65. The first-order chi connectivity index (χ1) is 22.6. The molecule has 6 nitrogen and oxygen atoms in total. The van der Waals surface area contributed by atoms with Crippen molar-refractivity contribution in [1.29, 1.82) is 0 Å². The van der Waals surface area contributed by atoms with Crippen molar-refractivity contribution in [2.24, 2.45) is 5.92 Å². The van der Waals surface area contributed by atoms with Gasteiger partial charge < -0.3 is 28.4 Å². The maximum atomic E-state index is 5.65. The second kappa shape index (κ2) is 21.8. The number of para-hydroxylation sites is 3. The fraction of sp³-hybridized carbons (Fsp3) is 0.514. The Balaban J connectivity index is 1.46. The Bertz CT molecular complexity index is 1130. The van der Waals surface area contributed by atoms with Gasteiger partial charge in [-0.05, 0) is 39.7 Å². The van der Waals surface area contributed by atoms with E-state index >= 15 is 0 Å². The second-order valence-electron chi connectivity index (χ2n) is 11.3. The third-order valence-corrected chi connectivity index (χ3v) is 12.4. The summed E-state index contributed by atoms with van der Waals surface area (Å²) in [5.41, 5.74) is 0. The third-order valence-electron chi connectivity index (χ3n) is 8.27. The number of hydrogen-bond acceptors (Lipinski definition) is 6. The van der Waals surface area contributed by atoms with Crippen molar-refractivity contribution in [2.75, 3.05) is 42.7 Å². The molecule has 0 saturated heterocycles. The molecule has 3 rings (SSSR count). The first-order valence-corrected chi connectivity index (χ1v) is 20.1. The number of unbranched alkanes of at least 4 members (excludes halogenated alkanes) is 3.